The van der Waals surface area contributed by atoms with E-state index < -0.39 is 5.97 Å². The SMILES string of the molecule is CCOC(=O)c1ccc(Oc2c(C)oc3c(CN(CCOC)CCOC)c(O)ccc3c2=O)cc1. The summed E-state index contributed by atoms with van der Waals surface area (Å²) in [6.45, 7) is 6.22. The summed E-state index contributed by atoms with van der Waals surface area (Å²) in [6, 6.07) is 9.30. The van der Waals surface area contributed by atoms with E-state index in [-0.39, 0.29) is 29.3 Å². The summed E-state index contributed by atoms with van der Waals surface area (Å²) < 4.78 is 27.2. The lowest BCUT2D eigenvalue weighted by Crippen LogP contribution is -2.30. The Hall–Kier alpha value is -3.40. The minimum atomic E-state index is -0.433. The Morgan fingerprint density at radius 2 is 1.69 bits per heavy atom. The van der Waals surface area contributed by atoms with Crippen molar-refractivity contribution >= 4 is 16.9 Å². The van der Waals surface area contributed by atoms with E-state index >= 15 is 0 Å². The average molecular weight is 486 g/mol. The number of phenols is 1. The van der Waals surface area contributed by atoms with E-state index in [0.717, 1.165) is 0 Å². The molecule has 0 unspecified atom stereocenters. The first-order chi connectivity index (χ1) is 16.9. The lowest BCUT2D eigenvalue weighted by molar-refractivity contribution is 0.0526. The van der Waals surface area contributed by atoms with Crippen LogP contribution < -0.4 is 10.2 Å². The highest BCUT2D eigenvalue weighted by Crippen LogP contribution is 2.31. The van der Waals surface area contributed by atoms with Gasteiger partial charge in [0, 0.05) is 33.9 Å². The molecule has 0 atom stereocenters. The monoisotopic (exact) mass is 485 g/mol. The maximum absolute atomic E-state index is 13.3. The molecule has 0 radical (unpaired) electrons. The molecule has 0 saturated carbocycles. The number of aryl methyl sites for hydroxylation is 1. The van der Waals surface area contributed by atoms with Crippen LogP contribution in [0.25, 0.3) is 11.0 Å². The van der Waals surface area contributed by atoms with Crippen LogP contribution in [-0.2, 0) is 20.8 Å². The predicted octanol–water partition coefficient (Wildman–Crippen LogP) is 3.87. The number of ether oxygens (including phenoxy) is 4. The third kappa shape index (κ3) is 6.39. The highest BCUT2D eigenvalue weighted by atomic mass is 16.5. The van der Waals surface area contributed by atoms with Gasteiger partial charge >= 0.3 is 5.97 Å². The molecule has 188 valence electrons. The van der Waals surface area contributed by atoms with E-state index in [2.05, 4.69) is 0 Å². The third-order valence-corrected chi connectivity index (χ3v) is 5.45. The van der Waals surface area contributed by atoms with Crippen LogP contribution in [0.2, 0.25) is 0 Å². The first kappa shape index (κ1) is 26.2. The molecular formula is C26H31NO8. The van der Waals surface area contributed by atoms with Gasteiger partial charge in [0.1, 0.15) is 22.8 Å². The van der Waals surface area contributed by atoms with Crippen LogP contribution in [0.4, 0.5) is 0 Å². The second-order valence-corrected chi connectivity index (χ2v) is 7.87. The number of benzene rings is 2. The first-order valence-electron chi connectivity index (χ1n) is 11.3. The van der Waals surface area contributed by atoms with E-state index in [4.69, 9.17) is 23.4 Å². The van der Waals surface area contributed by atoms with Gasteiger partial charge in [-0.25, -0.2) is 4.79 Å². The van der Waals surface area contributed by atoms with Crippen molar-refractivity contribution in [3.05, 3.63) is 63.5 Å². The summed E-state index contributed by atoms with van der Waals surface area (Å²) in [5, 5.41) is 10.9. The largest absolute Gasteiger partial charge is 0.507 e. The van der Waals surface area contributed by atoms with Gasteiger partial charge in [-0.05, 0) is 50.2 Å². The number of nitrogens with zero attached hydrogens (tertiary/aromatic N) is 1. The van der Waals surface area contributed by atoms with Crippen molar-refractivity contribution in [2.45, 2.75) is 20.4 Å². The molecule has 0 bridgehead atoms. The fourth-order valence-corrected chi connectivity index (χ4v) is 3.59. The summed E-state index contributed by atoms with van der Waals surface area (Å²) in [7, 11) is 3.25. The molecule has 0 aliphatic carbocycles. The standard InChI is InChI=1S/C26H31NO8/c1-5-33-26(30)18-6-8-19(9-7-18)35-24-17(2)34-25-20(23(24)29)10-11-22(28)21(25)16-27(12-14-31-3)13-15-32-4/h6-11,28H,5,12-16H2,1-4H3. The van der Waals surface area contributed by atoms with Crippen LogP contribution in [0.15, 0.2) is 45.6 Å². The summed E-state index contributed by atoms with van der Waals surface area (Å²) >= 11 is 0. The first-order valence-corrected chi connectivity index (χ1v) is 11.3. The van der Waals surface area contributed by atoms with Crippen LogP contribution in [0.5, 0.6) is 17.2 Å². The summed E-state index contributed by atoms with van der Waals surface area (Å²) in [6.07, 6.45) is 0. The molecule has 1 heterocycles. The maximum Gasteiger partial charge on any atom is 0.338 e. The van der Waals surface area contributed by atoms with Crippen molar-refractivity contribution in [3.8, 4) is 17.2 Å². The van der Waals surface area contributed by atoms with Crippen molar-refractivity contribution in [2.24, 2.45) is 0 Å². The summed E-state index contributed by atoms with van der Waals surface area (Å²) in [5.74, 6) is 0.274. The van der Waals surface area contributed by atoms with Gasteiger partial charge in [0.05, 0.1) is 36.3 Å². The number of esters is 1. The average Bonchev–Trinajstić information content (AvgIpc) is 2.85. The van der Waals surface area contributed by atoms with Gasteiger partial charge in [0.2, 0.25) is 11.2 Å². The Morgan fingerprint density at radius 3 is 2.29 bits per heavy atom. The second-order valence-electron chi connectivity index (χ2n) is 7.87. The van der Waals surface area contributed by atoms with Gasteiger partial charge in [0.25, 0.3) is 0 Å². The molecule has 3 aromatic rings. The van der Waals surface area contributed by atoms with Gasteiger partial charge < -0.3 is 28.5 Å². The molecule has 9 nitrogen and oxygen atoms in total. The number of hydrogen-bond donors (Lipinski definition) is 1. The molecule has 1 aromatic heterocycles. The van der Waals surface area contributed by atoms with Crippen molar-refractivity contribution in [1.82, 2.24) is 4.90 Å². The van der Waals surface area contributed by atoms with Crippen molar-refractivity contribution < 1.29 is 33.3 Å². The van der Waals surface area contributed by atoms with E-state index in [9.17, 15) is 14.7 Å². The molecule has 3 rings (SSSR count). The predicted molar refractivity (Wildman–Crippen MR) is 130 cm³/mol. The molecule has 1 N–H and O–H groups in total. The second kappa shape index (κ2) is 12.3. The van der Waals surface area contributed by atoms with E-state index in [1.807, 2.05) is 4.90 Å². The number of rotatable bonds is 12. The lowest BCUT2D eigenvalue weighted by Gasteiger charge is -2.22. The van der Waals surface area contributed by atoms with Gasteiger partial charge in [-0.2, -0.15) is 0 Å². The highest BCUT2D eigenvalue weighted by molar-refractivity contribution is 5.89. The minimum absolute atomic E-state index is 0.0307. The molecule has 0 aliphatic heterocycles. The van der Waals surface area contributed by atoms with Crippen LogP contribution in [0, 0.1) is 6.92 Å². The Labute approximate surface area is 203 Å². The highest BCUT2D eigenvalue weighted by Gasteiger charge is 2.20. The van der Waals surface area contributed by atoms with Gasteiger partial charge in [-0.1, -0.05) is 0 Å². The molecular weight excluding hydrogens is 454 g/mol. The zero-order valence-corrected chi connectivity index (χ0v) is 20.5. The van der Waals surface area contributed by atoms with Gasteiger partial charge in [0.15, 0.2) is 0 Å². The summed E-state index contributed by atoms with van der Waals surface area (Å²) in [4.78, 5) is 27.2. The number of carbonyl (C=O) groups is 1. The third-order valence-electron chi connectivity index (χ3n) is 5.45. The van der Waals surface area contributed by atoms with Crippen LogP contribution in [-0.4, -0.2) is 63.1 Å². The molecule has 0 saturated heterocycles. The Balaban J connectivity index is 1.94. The van der Waals surface area contributed by atoms with Crippen LogP contribution in [0.1, 0.15) is 28.6 Å². The fourth-order valence-electron chi connectivity index (χ4n) is 3.59. The molecule has 35 heavy (non-hydrogen) atoms. The van der Waals surface area contributed by atoms with Crippen molar-refractivity contribution in [2.75, 3.05) is 47.1 Å². The number of fused-ring (bicyclic) bond motifs is 1. The quantitative estimate of drug-likeness (QED) is 0.383. The number of phenolic OH excluding ortho intramolecular Hbond substituents is 1. The molecule has 9 heteroatoms. The van der Waals surface area contributed by atoms with E-state index in [1.54, 1.807) is 52.3 Å². The Morgan fingerprint density at radius 1 is 1.03 bits per heavy atom. The smallest absolute Gasteiger partial charge is 0.338 e. The van der Waals surface area contributed by atoms with E-state index in [1.165, 1.54) is 12.1 Å². The topological polar surface area (TPSA) is 108 Å². The molecule has 0 fully saturated rings. The molecule has 0 amide bonds. The van der Waals surface area contributed by atoms with Gasteiger partial charge in [-0.3, -0.25) is 9.69 Å². The molecule has 0 spiro atoms. The number of hydrogen-bond acceptors (Lipinski definition) is 9. The zero-order chi connectivity index (χ0) is 25.4. The Bertz CT molecular complexity index is 1190. The zero-order valence-electron chi connectivity index (χ0n) is 20.5. The van der Waals surface area contributed by atoms with Crippen molar-refractivity contribution in [1.29, 1.82) is 0 Å². The Kier molecular flexibility index (Phi) is 9.25. The maximum atomic E-state index is 13.3. The molecule has 0 aliphatic rings. The minimum Gasteiger partial charge on any atom is -0.507 e. The number of carbonyl (C=O) groups excluding carboxylic acids is 1. The van der Waals surface area contributed by atoms with Crippen LogP contribution >= 0.6 is 0 Å². The summed E-state index contributed by atoms with van der Waals surface area (Å²) in [5.41, 5.74) is 0.825. The molecule has 2 aromatic carbocycles. The fraction of sp³-hybridized carbons (Fsp3) is 0.385. The lowest BCUT2D eigenvalue weighted by atomic mass is 10.1. The van der Waals surface area contributed by atoms with Crippen molar-refractivity contribution in [3.63, 3.8) is 0 Å². The van der Waals surface area contributed by atoms with Gasteiger partial charge in [-0.15, -0.1) is 0 Å². The normalized spacial score (nSPS) is 11.2. The number of methoxy groups -OCH3 is 2. The van der Waals surface area contributed by atoms with Crippen LogP contribution in [0.3, 0.4) is 0 Å². The number of aromatic hydroxyl groups is 1. The van der Waals surface area contributed by atoms with E-state index in [0.29, 0.717) is 60.7 Å².